The highest BCUT2D eigenvalue weighted by molar-refractivity contribution is 7.92. The van der Waals surface area contributed by atoms with E-state index in [-0.39, 0.29) is 23.8 Å². The van der Waals surface area contributed by atoms with Gasteiger partial charge in [-0.25, -0.2) is 8.42 Å². The van der Waals surface area contributed by atoms with E-state index in [1.165, 1.54) is 17.0 Å². The Kier molecular flexibility index (Phi) is 11.4. The quantitative estimate of drug-likeness (QED) is 0.175. The minimum atomic E-state index is -4.16. The second kappa shape index (κ2) is 15.2. The number of aryl methyl sites for hydroxylation is 1. The van der Waals surface area contributed by atoms with Crippen molar-refractivity contribution >= 4 is 50.7 Å². The lowest BCUT2D eigenvalue weighted by Crippen LogP contribution is -2.53. The molecule has 0 fully saturated rings. The van der Waals surface area contributed by atoms with Crippen molar-refractivity contribution in [1.29, 1.82) is 0 Å². The first kappa shape index (κ1) is 33.1. The van der Waals surface area contributed by atoms with Gasteiger partial charge in [0.05, 0.1) is 20.6 Å². The highest BCUT2D eigenvalue weighted by Gasteiger charge is 2.35. The largest absolute Gasteiger partial charge is 0.354 e. The third-order valence-electron chi connectivity index (χ3n) is 7.15. The smallest absolute Gasteiger partial charge is 0.264 e. The molecule has 2 amide bonds. The van der Waals surface area contributed by atoms with Crippen molar-refractivity contribution in [2.24, 2.45) is 0 Å². The highest BCUT2D eigenvalue weighted by atomic mass is 35.5. The zero-order chi connectivity index (χ0) is 31.7. The lowest BCUT2D eigenvalue weighted by atomic mass is 10.0. The molecular weight excluding hydrogens is 617 g/mol. The third kappa shape index (κ3) is 8.20. The fourth-order valence-corrected chi connectivity index (χ4v) is 6.65. The lowest BCUT2D eigenvalue weighted by Gasteiger charge is -2.34. The van der Waals surface area contributed by atoms with Crippen LogP contribution in [0.2, 0.25) is 10.0 Å². The van der Waals surface area contributed by atoms with Gasteiger partial charge in [-0.2, -0.15) is 0 Å². The molecule has 230 valence electrons. The van der Waals surface area contributed by atoms with Crippen molar-refractivity contribution in [3.05, 3.63) is 130 Å². The van der Waals surface area contributed by atoms with Gasteiger partial charge in [-0.15, -0.1) is 0 Å². The van der Waals surface area contributed by atoms with Gasteiger partial charge in [-0.1, -0.05) is 103 Å². The van der Waals surface area contributed by atoms with E-state index in [0.717, 1.165) is 9.87 Å². The van der Waals surface area contributed by atoms with E-state index in [1.54, 1.807) is 67.6 Å². The summed E-state index contributed by atoms with van der Waals surface area (Å²) < 4.78 is 29.2. The molecule has 4 aromatic carbocycles. The second-order valence-corrected chi connectivity index (χ2v) is 13.1. The first-order valence-corrected chi connectivity index (χ1v) is 16.5. The maximum atomic E-state index is 14.5. The van der Waals surface area contributed by atoms with Gasteiger partial charge in [0.15, 0.2) is 0 Å². The topological polar surface area (TPSA) is 86.8 Å². The van der Waals surface area contributed by atoms with Gasteiger partial charge in [0, 0.05) is 19.5 Å². The van der Waals surface area contributed by atoms with E-state index in [9.17, 15) is 18.0 Å². The average molecular weight is 653 g/mol. The van der Waals surface area contributed by atoms with Crippen molar-refractivity contribution in [2.75, 3.05) is 17.4 Å². The number of sulfonamides is 1. The molecule has 0 spiro atoms. The molecule has 1 N–H and O–H groups in total. The molecule has 0 aromatic heterocycles. The van der Waals surface area contributed by atoms with Crippen LogP contribution in [0, 0.1) is 6.92 Å². The molecule has 0 aliphatic heterocycles. The number of carbonyl (C=O) groups excluding carboxylic acids is 2. The van der Waals surface area contributed by atoms with Crippen LogP contribution in [0.15, 0.2) is 108 Å². The van der Waals surface area contributed by atoms with Crippen LogP contribution in [-0.4, -0.2) is 44.3 Å². The second-order valence-electron chi connectivity index (χ2n) is 10.4. The molecule has 0 saturated carbocycles. The third-order valence-corrected chi connectivity index (χ3v) is 9.66. The van der Waals surface area contributed by atoms with E-state index in [4.69, 9.17) is 23.2 Å². The average Bonchev–Trinajstić information content (AvgIpc) is 3.03. The number of rotatable bonds is 13. The Morgan fingerprint density at radius 1 is 0.818 bits per heavy atom. The summed E-state index contributed by atoms with van der Waals surface area (Å²) in [4.78, 5) is 29.7. The van der Waals surface area contributed by atoms with Gasteiger partial charge in [0.1, 0.15) is 12.6 Å². The summed E-state index contributed by atoms with van der Waals surface area (Å²) in [5.41, 5.74) is 2.54. The fourth-order valence-electron chi connectivity index (χ4n) is 4.83. The predicted molar refractivity (Wildman–Crippen MR) is 176 cm³/mol. The van der Waals surface area contributed by atoms with E-state index < -0.39 is 28.5 Å². The van der Waals surface area contributed by atoms with Gasteiger partial charge >= 0.3 is 0 Å². The minimum absolute atomic E-state index is 0.000234. The normalized spacial score (nSPS) is 11.9. The number of anilines is 1. The van der Waals surface area contributed by atoms with Gasteiger partial charge < -0.3 is 10.2 Å². The van der Waals surface area contributed by atoms with Gasteiger partial charge in [-0.3, -0.25) is 13.9 Å². The van der Waals surface area contributed by atoms with Crippen LogP contribution in [-0.2, 0) is 32.6 Å². The number of benzene rings is 4. The van der Waals surface area contributed by atoms with Gasteiger partial charge in [0.2, 0.25) is 11.8 Å². The van der Waals surface area contributed by atoms with Gasteiger partial charge in [0.25, 0.3) is 10.0 Å². The van der Waals surface area contributed by atoms with E-state index in [1.807, 2.05) is 37.3 Å². The molecule has 0 saturated heterocycles. The fraction of sp³-hybridized carbons (Fsp3) is 0.235. The van der Waals surface area contributed by atoms with E-state index in [2.05, 4.69) is 5.32 Å². The summed E-state index contributed by atoms with van der Waals surface area (Å²) in [5.74, 6) is -0.885. The number of para-hydroxylation sites is 1. The summed E-state index contributed by atoms with van der Waals surface area (Å²) in [6.07, 6.45) is 0.931. The van der Waals surface area contributed by atoms with Gasteiger partial charge in [-0.05, 0) is 60.4 Å². The molecule has 10 heteroatoms. The Balaban J connectivity index is 1.81. The van der Waals surface area contributed by atoms with Crippen LogP contribution >= 0.6 is 23.2 Å². The molecule has 0 bridgehead atoms. The van der Waals surface area contributed by atoms with Crippen LogP contribution in [0.1, 0.15) is 30.0 Å². The highest BCUT2D eigenvalue weighted by Crippen LogP contribution is 2.28. The molecule has 0 radical (unpaired) electrons. The van der Waals surface area contributed by atoms with Crippen molar-refractivity contribution in [3.63, 3.8) is 0 Å². The Bertz CT molecular complexity index is 1690. The predicted octanol–water partition coefficient (Wildman–Crippen LogP) is 6.66. The maximum absolute atomic E-state index is 14.5. The Hall–Kier alpha value is -3.85. The standard InChI is InChI=1S/C34H35Cl2N3O4S/c1-3-20-37-34(41)32(22-26-13-6-4-7-14-26)38(23-27-18-19-29(35)30(36)21-27)33(40)24-39(31-17-11-10-12-25(31)2)44(42,43)28-15-8-5-9-16-28/h4-19,21,32H,3,20,22-24H2,1-2H3,(H,37,41)/t32-/m1/s1. The number of nitrogens with zero attached hydrogens (tertiary/aromatic N) is 2. The van der Waals surface area contributed by atoms with Crippen LogP contribution in [0.25, 0.3) is 0 Å². The summed E-state index contributed by atoms with van der Waals surface area (Å²) in [5, 5.41) is 3.59. The minimum Gasteiger partial charge on any atom is -0.354 e. The molecule has 0 aliphatic rings. The first-order valence-electron chi connectivity index (χ1n) is 14.3. The number of amides is 2. The Labute approximate surface area is 269 Å². The molecule has 0 heterocycles. The molecule has 0 unspecified atom stereocenters. The van der Waals surface area contributed by atoms with Crippen molar-refractivity contribution in [1.82, 2.24) is 10.2 Å². The Morgan fingerprint density at radius 3 is 2.09 bits per heavy atom. The Morgan fingerprint density at radius 2 is 1.45 bits per heavy atom. The number of carbonyl (C=O) groups is 2. The summed E-state index contributed by atoms with van der Waals surface area (Å²) in [7, 11) is -4.16. The van der Waals surface area contributed by atoms with Crippen LogP contribution in [0.3, 0.4) is 0 Å². The number of halogens is 2. The number of hydrogen-bond donors (Lipinski definition) is 1. The monoisotopic (exact) mass is 651 g/mol. The van der Waals surface area contributed by atoms with Crippen LogP contribution < -0.4 is 9.62 Å². The molecular formula is C34H35Cl2N3O4S. The van der Waals surface area contributed by atoms with Crippen molar-refractivity contribution in [3.8, 4) is 0 Å². The van der Waals surface area contributed by atoms with E-state index >= 15 is 0 Å². The SMILES string of the molecule is CCCNC(=O)[C@@H](Cc1ccccc1)N(Cc1ccc(Cl)c(Cl)c1)C(=O)CN(c1ccccc1C)S(=O)(=O)c1ccccc1. The summed E-state index contributed by atoms with van der Waals surface area (Å²) >= 11 is 12.5. The molecule has 1 atom stereocenters. The zero-order valence-corrected chi connectivity index (χ0v) is 26.9. The molecule has 4 aromatic rings. The maximum Gasteiger partial charge on any atom is 0.264 e. The lowest BCUT2D eigenvalue weighted by molar-refractivity contribution is -0.140. The van der Waals surface area contributed by atoms with Crippen molar-refractivity contribution in [2.45, 2.75) is 44.2 Å². The first-order chi connectivity index (χ1) is 21.1. The molecule has 7 nitrogen and oxygen atoms in total. The zero-order valence-electron chi connectivity index (χ0n) is 24.6. The summed E-state index contributed by atoms with van der Waals surface area (Å²) in [6, 6.07) is 28.4. The van der Waals surface area contributed by atoms with E-state index in [0.29, 0.717) is 39.8 Å². The summed E-state index contributed by atoms with van der Waals surface area (Å²) in [6.45, 7) is 3.63. The van der Waals surface area contributed by atoms with Crippen LogP contribution in [0.4, 0.5) is 5.69 Å². The molecule has 44 heavy (non-hydrogen) atoms. The number of nitrogens with one attached hydrogen (secondary N) is 1. The molecule has 4 rings (SSSR count). The number of hydrogen-bond acceptors (Lipinski definition) is 4. The van der Waals surface area contributed by atoms with Crippen molar-refractivity contribution < 1.29 is 18.0 Å². The van der Waals surface area contributed by atoms with Crippen LogP contribution in [0.5, 0.6) is 0 Å². The molecule has 0 aliphatic carbocycles.